The van der Waals surface area contributed by atoms with Gasteiger partial charge in [0.15, 0.2) is 0 Å². The number of fused-ring (bicyclic) bond motifs is 17. The second-order valence-corrected chi connectivity index (χ2v) is 15.1. The lowest BCUT2D eigenvalue weighted by Gasteiger charge is -2.49. The zero-order valence-corrected chi connectivity index (χ0v) is 29.6. The predicted molar refractivity (Wildman–Crippen MR) is 223 cm³/mol. The summed E-state index contributed by atoms with van der Waals surface area (Å²) in [5.74, 6) is 0. The van der Waals surface area contributed by atoms with Gasteiger partial charge in [0.2, 0.25) is 0 Å². The van der Waals surface area contributed by atoms with Crippen molar-refractivity contribution in [3.05, 3.63) is 251 Å². The van der Waals surface area contributed by atoms with Gasteiger partial charge in [-0.05, 0) is 99.8 Å². The summed E-state index contributed by atoms with van der Waals surface area (Å²) in [5, 5.41) is 2.54. The molecule has 0 unspecified atom stereocenters. The Morgan fingerprint density at radius 1 is 0.222 bits per heavy atom. The van der Waals surface area contributed by atoms with Crippen LogP contribution >= 0.6 is 0 Å². The van der Waals surface area contributed by atoms with Crippen LogP contribution in [0.5, 0.6) is 0 Å². The van der Waals surface area contributed by atoms with E-state index in [0.717, 1.165) is 0 Å². The zero-order valence-electron chi connectivity index (χ0n) is 29.6. The Kier molecular flexibility index (Phi) is 6.00. The minimum atomic E-state index is -0.526. The Morgan fingerprint density at radius 2 is 0.574 bits per heavy atom. The minimum absolute atomic E-state index is 0.490. The van der Waals surface area contributed by atoms with Crippen molar-refractivity contribution in [2.75, 3.05) is 0 Å². The molecule has 0 radical (unpaired) electrons. The van der Waals surface area contributed by atoms with Gasteiger partial charge in [0.25, 0.3) is 0 Å². The van der Waals surface area contributed by atoms with Crippen LogP contribution in [-0.2, 0) is 10.8 Å². The molecule has 54 heavy (non-hydrogen) atoms. The summed E-state index contributed by atoms with van der Waals surface area (Å²) in [6.07, 6.45) is 0. The van der Waals surface area contributed by atoms with Crippen LogP contribution in [0.25, 0.3) is 55.3 Å². The van der Waals surface area contributed by atoms with Gasteiger partial charge in [-0.25, -0.2) is 0 Å². The fourth-order valence-electron chi connectivity index (χ4n) is 10.8. The van der Waals surface area contributed by atoms with Crippen LogP contribution in [-0.4, -0.2) is 0 Å². The van der Waals surface area contributed by atoms with E-state index in [1.165, 1.54) is 99.8 Å². The molecule has 3 aliphatic rings. The summed E-state index contributed by atoms with van der Waals surface area (Å²) in [7, 11) is 0. The monoisotopic (exact) mass is 682 g/mol. The Hall–Kier alpha value is -6.76. The SMILES string of the molecule is c1ccc2c(c1)-c1ccccc1C21c2ccccc2C2(c3ccccc3-c3ccccc32)c2c(-c3ccc(-c4cccc5ccccc45)cc3)cccc21. The van der Waals surface area contributed by atoms with E-state index >= 15 is 0 Å². The molecule has 250 valence electrons. The third-order valence-electron chi connectivity index (χ3n) is 12.8. The van der Waals surface area contributed by atoms with E-state index in [-0.39, 0.29) is 0 Å². The molecule has 0 heteroatoms. The smallest absolute Gasteiger partial charge is 0.0619 e. The predicted octanol–water partition coefficient (Wildman–Crippen LogP) is 13.2. The lowest BCUT2D eigenvalue weighted by Crippen LogP contribution is -2.44. The highest BCUT2D eigenvalue weighted by molar-refractivity contribution is 5.98. The molecule has 0 saturated heterocycles. The van der Waals surface area contributed by atoms with Gasteiger partial charge in [-0.3, -0.25) is 0 Å². The van der Waals surface area contributed by atoms with Gasteiger partial charge in [-0.1, -0.05) is 206 Å². The lowest BCUT2D eigenvalue weighted by atomic mass is 9.51. The van der Waals surface area contributed by atoms with Crippen LogP contribution in [0, 0.1) is 0 Å². The second-order valence-electron chi connectivity index (χ2n) is 15.1. The van der Waals surface area contributed by atoms with E-state index in [1.54, 1.807) is 0 Å². The maximum absolute atomic E-state index is 2.45. The molecule has 0 aromatic heterocycles. The van der Waals surface area contributed by atoms with Crippen LogP contribution in [0.4, 0.5) is 0 Å². The van der Waals surface area contributed by atoms with E-state index in [1.807, 2.05) is 0 Å². The molecule has 0 nitrogen and oxygen atoms in total. The van der Waals surface area contributed by atoms with E-state index in [4.69, 9.17) is 0 Å². The number of hydrogen-bond donors (Lipinski definition) is 0. The van der Waals surface area contributed by atoms with Gasteiger partial charge in [0.1, 0.15) is 0 Å². The molecule has 0 aliphatic heterocycles. The van der Waals surface area contributed by atoms with Crippen molar-refractivity contribution in [1.82, 2.24) is 0 Å². The molecule has 0 bridgehead atoms. The largest absolute Gasteiger partial charge is 0.0725 e. The Bertz CT molecular complexity index is 2900. The van der Waals surface area contributed by atoms with E-state index < -0.39 is 10.8 Å². The molecule has 0 amide bonds. The number of benzene rings is 9. The third kappa shape index (κ3) is 3.58. The lowest BCUT2D eigenvalue weighted by molar-refractivity contribution is 0.634. The molecule has 0 heterocycles. The number of rotatable bonds is 2. The van der Waals surface area contributed by atoms with Gasteiger partial charge in [-0.2, -0.15) is 0 Å². The highest BCUT2D eigenvalue weighted by atomic mass is 14.6. The van der Waals surface area contributed by atoms with Gasteiger partial charge in [0, 0.05) is 0 Å². The summed E-state index contributed by atoms with van der Waals surface area (Å²) in [4.78, 5) is 0. The normalized spacial score (nSPS) is 14.6. The van der Waals surface area contributed by atoms with Crippen LogP contribution in [0.3, 0.4) is 0 Å². The molecular weight excluding hydrogens is 649 g/mol. The first-order chi connectivity index (χ1) is 26.8. The molecule has 9 aromatic rings. The van der Waals surface area contributed by atoms with Gasteiger partial charge in [-0.15, -0.1) is 0 Å². The summed E-state index contributed by atoms with van der Waals surface area (Å²) in [6.45, 7) is 0. The Morgan fingerprint density at radius 3 is 1.15 bits per heavy atom. The molecule has 12 rings (SSSR count). The summed E-state index contributed by atoms with van der Waals surface area (Å²) >= 11 is 0. The molecule has 0 N–H and O–H groups in total. The topological polar surface area (TPSA) is 0 Å². The maximum atomic E-state index is 2.45. The maximum Gasteiger partial charge on any atom is 0.0725 e. The summed E-state index contributed by atoms with van der Waals surface area (Å²) < 4.78 is 0. The fourth-order valence-corrected chi connectivity index (χ4v) is 10.8. The Labute approximate surface area is 315 Å². The highest BCUT2D eigenvalue weighted by Crippen LogP contribution is 2.68. The van der Waals surface area contributed by atoms with Crippen molar-refractivity contribution in [2.45, 2.75) is 10.8 Å². The standard InChI is InChI=1S/C54H34/c1-2-17-38-35(15-1)16-13-22-39(38)36-31-33-37(34-32-36)40-23-14-30-51-52(40)54(47-26-9-5-20-43(47)44-21-6-10-27-48(44)54)50-29-12-11-28-49(50)53(51)45-24-7-3-18-41(45)42-19-4-8-25-46(42)53/h1-34H. The van der Waals surface area contributed by atoms with Crippen molar-refractivity contribution >= 4 is 10.8 Å². The highest BCUT2D eigenvalue weighted by Gasteiger charge is 2.59. The van der Waals surface area contributed by atoms with Crippen LogP contribution in [0.2, 0.25) is 0 Å². The fraction of sp³-hybridized carbons (Fsp3) is 0.0370. The van der Waals surface area contributed by atoms with Gasteiger partial charge < -0.3 is 0 Å². The van der Waals surface area contributed by atoms with Gasteiger partial charge in [0.05, 0.1) is 10.8 Å². The average Bonchev–Trinajstić information content (AvgIpc) is 3.71. The van der Waals surface area contributed by atoms with Crippen LogP contribution in [0.1, 0.15) is 44.5 Å². The molecular formula is C54H34. The molecule has 2 spiro atoms. The van der Waals surface area contributed by atoms with E-state index in [0.29, 0.717) is 0 Å². The third-order valence-corrected chi connectivity index (χ3v) is 12.8. The van der Waals surface area contributed by atoms with Crippen molar-refractivity contribution in [3.63, 3.8) is 0 Å². The van der Waals surface area contributed by atoms with Crippen molar-refractivity contribution in [1.29, 1.82) is 0 Å². The molecule has 0 fully saturated rings. The summed E-state index contributed by atoms with van der Waals surface area (Å²) in [5.41, 5.74) is 20.2. The average molecular weight is 683 g/mol. The molecule has 0 atom stereocenters. The van der Waals surface area contributed by atoms with Gasteiger partial charge >= 0.3 is 0 Å². The molecule has 9 aromatic carbocycles. The minimum Gasteiger partial charge on any atom is -0.0619 e. The number of hydrogen-bond acceptors (Lipinski definition) is 0. The van der Waals surface area contributed by atoms with Crippen LogP contribution in [0.15, 0.2) is 206 Å². The first-order valence-corrected chi connectivity index (χ1v) is 19.0. The van der Waals surface area contributed by atoms with Crippen LogP contribution < -0.4 is 0 Å². The van der Waals surface area contributed by atoms with Crippen molar-refractivity contribution in [3.8, 4) is 44.5 Å². The van der Waals surface area contributed by atoms with Crippen molar-refractivity contribution < 1.29 is 0 Å². The Balaban J connectivity index is 1.23. The first kappa shape index (κ1) is 29.8. The second kappa shape index (κ2) is 10.9. The van der Waals surface area contributed by atoms with E-state index in [9.17, 15) is 0 Å². The molecule has 0 saturated carbocycles. The summed E-state index contributed by atoms with van der Waals surface area (Å²) in [6, 6.07) is 77.8. The zero-order chi connectivity index (χ0) is 35.4. The quantitative estimate of drug-likeness (QED) is 0.170. The van der Waals surface area contributed by atoms with Crippen molar-refractivity contribution in [2.24, 2.45) is 0 Å². The molecule has 3 aliphatic carbocycles. The van der Waals surface area contributed by atoms with E-state index in [2.05, 4.69) is 206 Å². The first-order valence-electron chi connectivity index (χ1n) is 19.0.